The molecule has 0 amide bonds. The lowest BCUT2D eigenvalue weighted by atomic mass is 9.99. The molecule has 2 rings (SSSR count). The molecule has 0 bridgehead atoms. The number of phenols is 1. The normalized spacial score (nSPS) is 16.1. The first-order valence-corrected chi connectivity index (χ1v) is 5.02. The van der Waals surface area contributed by atoms with Crippen LogP contribution < -0.4 is 5.73 Å². The van der Waals surface area contributed by atoms with E-state index in [-0.39, 0.29) is 29.5 Å². The van der Waals surface area contributed by atoms with Crippen LogP contribution >= 0.6 is 12.4 Å². The van der Waals surface area contributed by atoms with Crippen molar-refractivity contribution < 1.29 is 19.4 Å². The number of carboxylic acid groups (broad SMARTS) is 1. The van der Waals surface area contributed by atoms with Gasteiger partial charge in [-0.3, -0.25) is 0 Å². The first-order valence-electron chi connectivity index (χ1n) is 5.02. The number of aromatic hydroxyl groups is 1. The van der Waals surface area contributed by atoms with Crippen molar-refractivity contribution in [3.63, 3.8) is 0 Å². The van der Waals surface area contributed by atoms with Gasteiger partial charge < -0.3 is 15.9 Å². The van der Waals surface area contributed by atoms with Crippen LogP contribution in [0.1, 0.15) is 34.8 Å². The highest BCUT2D eigenvalue weighted by atomic mass is 35.5. The molecule has 1 aliphatic carbocycles. The Bertz CT molecular complexity index is 449. The van der Waals surface area contributed by atoms with Crippen LogP contribution in [-0.2, 0) is 0 Å². The maximum Gasteiger partial charge on any atom is 0.335 e. The van der Waals surface area contributed by atoms with Crippen molar-refractivity contribution in [1.82, 2.24) is 0 Å². The van der Waals surface area contributed by atoms with Crippen molar-refractivity contribution in [2.45, 2.75) is 18.9 Å². The van der Waals surface area contributed by atoms with E-state index in [1.54, 1.807) is 0 Å². The number of hydrogen-bond donors (Lipinski definition) is 3. The van der Waals surface area contributed by atoms with E-state index in [0.29, 0.717) is 0 Å². The van der Waals surface area contributed by atoms with Gasteiger partial charge in [-0.05, 0) is 30.9 Å². The summed E-state index contributed by atoms with van der Waals surface area (Å²) in [6, 6.07) is 1.54. The van der Waals surface area contributed by atoms with Crippen molar-refractivity contribution >= 4 is 18.4 Å². The quantitative estimate of drug-likeness (QED) is 0.778. The zero-order valence-electron chi connectivity index (χ0n) is 8.89. The number of nitrogens with two attached hydrogens (primary N) is 1. The molecule has 0 radical (unpaired) electrons. The molecular weight excluding hydrogens is 249 g/mol. The van der Waals surface area contributed by atoms with Crippen LogP contribution in [0.3, 0.4) is 0 Å². The maximum atomic E-state index is 13.3. The van der Waals surface area contributed by atoms with Gasteiger partial charge in [0, 0.05) is 11.6 Å². The van der Waals surface area contributed by atoms with Gasteiger partial charge in [-0.25, -0.2) is 9.18 Å². The Balaban J connectivity index is 0.00000144. The fourth-order valence-electron chi connectivity index (χ4n) is 1.71. The summed E-state index contributed by atoms with van der Waals surface area (Å²) in [4.78, 5) is 10.7. The van der Waals surface area contributed by atoms with Gasteiger partial charge >= 0.3 is 5.97 Å². The average Bonchev–Trinajstić information content (AvgIpc) is 3.04. The van der Waals surface area contributed by atoms with Crippen molar-refractivity contribution in [2.75, 3.05) is 0 Å². The van der Waals surface area contributed by atoms with E-state index in [9.17, 15) is 14.3 Å². The number of carbonyl (C=O) groups is 1. The van der Waals surface area contributed by atoms with Gasteiger partial charge in [0.2, 0.25) is 0 Å². The molecule has 1 fully saturated rings. The van der Waals surface area contributed by atoms with Crippen molar-refractivity contribution in [3.05, 3.63) is 29.1 Å². The number of hydrogen-bond acceptors (Lipinski definition) is 3. The topological polar surface area (TPSA) is 83.6 Å². The summed E-state index contributed by atoms with van der Waals surface area (Å²) < 4.78 is 13.3. The second kappa shape index (κ2) is 4.89. The molecule has 0 saturated heterocycles. The maximum absolute atomic E-state index is 13.3. The summed E-state index contributed by atoms with van der Waals surface area (Å²) in [5.74, 6) is -2.49. The molecule has 1 aliphatic rings. The molecule has 4 nitrogen and oxygen atoms in total. The number of benzene rings is 1. The lowest BCUT2D eigenvalue weighted by molar-refractivity contribution is 0.0696. The molecule has 1 aromatic rings. The Morgan fingerprint density at radius 1 is 1.47 bits per heavy atom. The predicted molar refractivity (Wildman–Crippen MR) is 61.9 cm³/mol. The van der Waals surface area contributed by atoms with Crippen LogP contribution in [0.4, 0.5) is 4.39 Å². The van der Waals surface area contributed by atoms with Gasteiger partial charge in [0.25, 0.3) is 0 Å². The van der Waals surface area contributed by atoms with Gasteiger partial charge in [0.1, 0.15) is 0 Å². The number of phenolic OH excluding ortho intramolecular Hbond substituents is 1. The molecule has 94 valence electrons. The third-order valence-electron chi connectivity index (χ3n) is 2.83. The van der Waals surface area contributed by atoms with Gasteiger partial charge in [0.05, 0.1) is 5.56 Å². The highest BCUT2D eigenvalue weighted by Crippen LogP contribution is 2.42. The molecule has 17 heavy (non-hydrogen) atoms. The van der Waals surface area contributed by atoms with Crippen LogP contribution in [0.15, 0.2) is 12.1 Å². The van der Waals surface area contributed by atoms with Crippen LogP contribution in [0.2, 0.25) is 0 Å². The zero-order chi connectivity index (χ0) is 11.9. The molecule has 0 unspecified atom stereocenters. The van der Waals surface area contributed by atoms with Crippen LogP contribution in [-0.4, -0.2) is 16.2 Å². The van der Waals surface area contributed by atoms with Gasteiger partial charge in [-0.2, -0.15) is 0 Å². The lowest BCUT2D eigenvalue weighted by Crippen LogP contribution is -2.14. The summed E-state index contributed by atoms with van der Waals surface area (Å²) in [6.45, 7) is 0. The van der Waals surface area contributed by atoms with E-state index >= 15 is 0 Å². The molecule has 0 spiro atoms. The Labute approximate surface area is 104 Å². The minimum absolute atomic E-state index is 0. The largest absolute Gasteiger partial charge is 0.505 e. The van der Waals surface area contributed by atoms with E-state index in [4.69, 9.17) is 10.8 Å². The van der Waals surface area contributed by atoms with E-state index in [2.05, 4.69) is 0 Å². The fraction of sp³-hybridized carbons (Fsp3) is 0.364. The van der Waals surface area contributed by atoms with Crippen LogP contribution in [0.5, 0.6) is 5.75 Å². The Kier molecular flexibility index (Phi) is 3.95. The van der Waals surface area contributed by atoms with E-state index in [0.717, 1.165) is 18.9 Å². The summed E-state index contributed by atoms with van der Waals surface area (Å²) in [6.07, 6.45) is 1.86. The first-order chi connectivity index (χ1) is 7.50. The molecule has 1 saturated carbocycles. The zero-order valence-corrected chi connectivity index (χ0v) is 9.71. The Hall–Kier alpha value is -1.33. The van der Waals surface area contributed by atoms with Gasteiger partial charge in [-0.1, -0.05) is 0 Å². The van der Waals surface area contributed by atoms with Crippen molar-refractivity contribution in [1.29, 1.82) is 0 Å². The monoisotopic (exact) mass is 261 g/mol. The smallest absolute Gasteiger partial charge is 0.335 e. The number of halogens is 2. The molecule has 0 aromatic heterocycles. The average molecular weight is 262 g/mol. The van der Waals surface area contributed by atoms with E-state index < -0.39 is 23.6 Å². The van der Waals surface area contributed by atoms with Gasteiger partial charge in [0.15, 0.2) is 11.6 Å². The molecular formula is C11H13ClFNO3. The minimum atomic E-state index is -1.23. The van der Waals surface area contributed by atoms with Crippen molar-refractivity contribution in [3.8, 4) is 5.75 Å². The summed E-state index contributed by atoms with van der Waals surface area (Å²) in [5, 5.41) is 18.3. The molecule has 6 heteroatoms. The third-order valence-corrected chi connectivity index (χ3v) is 2.83. The summed E-state index contributed by atoms with van der Waals surface area (Å²) in [5.41, 5.74) is 5.81. The Morgan fingerprint density at radius 2 is 2.06 bits per heavy atom. The van der Waals surface area contributed by atoms with E-state index in [1.807, 2.05) is 0 Å². The first kappa shape index (κ1) is 13.7. The number of aromatic carboxylic acids is 1. The molecule has 1 atom stereocenters. The highest BCUT2D eigenvalue weighted by Gasteiger charge is 2.32. The molecule has 0 aliphatic heterocycles. The SMILES string of the molecule is Cl.N[C@@H](c1cc(C(=O)O)cc(F)c1O)C1CC1. The van der Waals surface area contributed by atoms with Crippen LogP contribution in [0, 0.1) is 11.7 Å². The molecule has 4 N–H and O–H groups in total. The van der Waals surface area contributed by atoms with E-state index in [1.165, 1.54) is 6.07 Å². The summed E-state index contributed by atoms with van der Waals surface area (Å²) in [7, 11) is 0. The second-order valence-electron chi connectivity index (χ2n) is 4.06. The fourth-order valence-corrected chi connectivity index (χ4v) is 1.71. The lowest BCUT2D eigenvalue weighted by Gasteiger charge is -2.13. The van der Waals surface area contributed by atoms with Crippen molar-refractivity contribution in [2.24, 2.45) is 11.7 Å². The third kappa shape index (κ3) is 2.68. The second-order valence-corrected chi connectivity index (χ2v) is 4.06. The number of carboxylic acids is 1. The Morgan fingerprint density at radius 3 is 2.53 bits per heavy atom. The molecule has 0 heterocycles. The highest BCUT2D eigenvalue weighted by molar-refractivity contribution is 5.88. The minimum Gasteiger partial charge on any atom is -0.505 e. The number of rotatable bonds is 3. The van der Waals surface area contributed by atoms with Crippen LogP contribution in [0.25, 0.3) is 0 Å². The molecule has 1 aromatic carbocycles. The predicted octanol–water partition coefficient (Wildman–Crippen LogP) is 2.06. The summed E-state index contributed by atoms with van der Waals surface area (Å²) >= 11 is 0. The standard InChI is InChI=1S/C11H12FNO3.ClH/c12-8-4-6(11(15)16)3-7(10(8)14)9(13)5-1-2-5;/h3-5,9,14H,1-2,13H2,(H,15,16);1H/t9-;/m1./s1. The van der Waals surface area contributed by atoms with Gasteiger partial charge in [-0.15, -0.1) is 12.4 Å².